The van der Waals surface area contributed by atoms with Crippen LogP contribution >= 0.6 is 15.9 Å². The van der Waals surface area contributed by atoms with Crippen molar-refractivity contribution in [2.24, 2.45) is 5.92 Å². The van der Waals surface area contributed by atoms with Gasteiger partial charge in [-0.1, -0.05) is 35.8 Å². The number of halogens is 1. The molecule has 1 unspecified atom stereocenters. The summed E-state index contributed by atoms with van der Waals surface area (Å²) in [6.07, 6.45) is 1.07. The van der Waals surface area contributed by atoms with Crippen molar-refractivity contribution >= 4 is 15.9 Å². The third kappa shape index (κ3) is 3.95. The van der Waals surface area contributed by atoms with Crippen LogP contribution < -0.4 is 5.32 Å². The van der Waals surface area contributed by atoms with Crippen molar-refractivity contribution < 1.29 is 0 Å². The van der Waals surface area contributed by atoms with Crippen molar-refractivity contribution in [2.75, 3.05) is 13.1 Å². The molecule has 0 spiro atoms. The van der Waals surface area contributed by atoms with Crippen LogP contribution in [-0.4, -0.2) is 22.9 Å². The number of hydrogen-bond donors (Lipinski definition) is 1. The first kappa shape index (κ1) is 16.2. The molecule has 21 heavy (non-hydrogen) atoms. The number of rotatable bonds is 6. The van der Waals surface area contributed by atoms with Crippen LogP contribution in [0.2, 0.25) is 0 Å². The second-order valence-corrected chi connectivity index (χ2v) is 6.57. The SMILES string of the molecule is CCNCC(C)Cc1c(C)nn(-c2cccc(Br)c2)c1C. The molecule has 0 fully saturated rings. The van der Waals surface area contributed by atoms with Crippen LogP contribution in [0.15, 0.2) is 28.7 Å². The van der Waals surface area contributed by atoms with E-state index in [2.05, 4.69) is 65.8 Å². The molecule has 3 nitrogen and oxygen atoms in total. The van der Waals surface area contributed by atoms with Crippen molar-refractivity contribution in [1.82, 2.24) is 15.1 Å². The topological polar surface area (TPSA) is 29.9 Å². The lowest BCUT2D eigenvalue weighted by Gasteiger charge is -2.12. The molecule has 1 atom stereocenters. The van der Waals surface area contributed by atoms with Gasteiger partial charge >= 0.3 is 0 Å². The Bertz CT molecular complexity index is 604. The predicted molar refractivity (Wildman–Crippen MR) is 92.1 cm³/mol. The van der Waals surface area contributed by atoms with E-state index in [1.54, 1.807) is 0 Å². The van der Waals surface area contributed by atoms with E-state index in [0.717, 1.165) is 35.4 Å². The van der Waals surface area contributed by atoms with Crippen LogP contribution in [0.1, 0.15) is 30.8 Å². The van der Waals surface area contributed by atoms with Gasteiger partial charge in [0.1, 0.15) is 0 Å². The largest absolute Gasteiger partial charge is 0.317 e. The molecule has 0 saturated heterocycles. The fourth-order valence-corrected chi connectivity index (χ4v) is 3.03. The van der Waals surface area contributed by atoms with Gasteiger partial charge in [0, 0.05) is 10.2 Å². The summed E-state index contributed by atoms with van der Waals surface area (Å²) in [6, 6.07) is 8.28. The first-order chi connectivity index (χ1) is 10.0. The normalized spacial score (nSPS) is 12.6. The van der Waals surface area contributed by atoms with E-state index < -0.39 is 0 Å². The fourth-order valence-electron chi connectivity index (χ4n) is 2.64. The molecule has 0 amide bonds. The van der Waals surface area contributed by atoms with Crippen molar-refractivity contribution in [3.8, 4) is 5.69 Å². The zero-order valence-corrected chi connectivity index (χ0v) is 14.9. The van der Waals surface area contributed by atoms with E-state index in [1.807, 2.05) is 12.1 Å². The van der Waals surface area contributed by atoms with Crippen molar-refractivity contribution in [3.05, 3.63) is 45.7 Å². The highest BCUT2D eigenvalue weighted by molar-refractivity contribution is 9.10. The number of nitrogens with zero attached hydrogens (tertiary/aromatic N) is 2. The lowest BCUT2D eigenvalue weighted by molar-refractivity contribution is 0.519. The Morgan fingerprint density at radius 2 is 2.10 bits per heavy atom. The molecule has 0 aliphatic carbocycles. The minimum absolute atomic E-state index is 0.613. The predicted octanol–water partition coefficient (Wildman–Crippen LogP) is 4.04. The molecule has 1 aromatic carbocycles. The molecular weight excluding hydrogens is 326 g/mol. The molecule has 0 radical (unpaired) electrons. The molecule has 1 N–H and O–H groups in total. The first-order valence-corrected chi connectivity index (χ1v) is 8.34. The molecule has 1 heterocycles. The van der Waals surface area contributed by atoms with E-state index in [0.29, 0.717) is 5.92 Å². The maximum atomic E-state index is 4.73. The van der Waals surface area contributed by atoms with Crippen LogP contribution in [0.25, 0.3) is 5.69 Å². The number of nitrogens with one attached hydrogen (secondary N) is 1. The molecule has 2 aromatic rings. The molecule has 0 saturated carbocycles. The Labute approximate surface area is 135 Å². The molecule has 0 bridgehead atoms. The average molecular weight is 350 g/mol. The molecule has 0 aliphatic heterocycles. The van der Waals surface area contributed by atoms with E-state index >= 15 is 0 Å². The van der Waals surface area contributed by atoms with Gasteiger partial charge in [0.05, 0.1) is 11.4 Å². The zero-order chi connectivity index (χ0) is 15.4. The van der Waals surface area contributed by atoms with Gasteiger partial charge in [-0.2, -0.15) is 5.10 Å². The van der Waals surface area contributed by atoms with E-state index in [9.17, 15) is 0 Å². The molecular formula is C17H24BrN3. The Balaban J connectivity index is 2.25. The second-order valence-electron chi connectivity index (χ2n) is 5.66. The third-order valence-electron chi connectivity index (χ3n) is 3.79. The van der Waals surface area contributed by atoms with E-state index in [1.165, 1.54) is 11.3 Å². The highest BCUT2D eigenvalue weighted by atomic mass is 79.9. The molecule has 2 rings (SSSR count). The summed E-state index contributed by atoms with van der Waals surface area (Å²) in [5, 5.41) is 8.15. The Morgan fingerprint density at radius 1 is 1.33 bits per heavy atom. The summed E-state index contributed by atoms with van der Waals surface area (Å²) in [5.41, 5.74) is 4.86. The maximum Gasteiger partial charge on any atom is 0.0660 e. The number of hydrogen-bond acceptors (Lipinski definition) is 2. The van der Waals surface area contributed by atoms with Gasteiger partial charge in [-0.15, -0.1) is 0 Å². The van der Waals surface area contributed by atoms with Gasteiger partial charge in [0.15, 0.2) is 0 Å². The first-order valence-electron chi connectivity index (χ1n) is 7.54. The van der Waals surface area contributed by atoms with Gasteiger partial charge in [-0.3, -0.25) is 0 Å². The van der Waals surface area contributed by atoms with Gasteiger partial charge in [0.2, 0.25) is 0 Å². The Kier molecular flexibility index (Phi) is 5.59. The summed E-state index contributed by atoms with van der Waals surface area (Å²) < 4.78 is 3.13. The standard InChI is InChI=1S/C17H24BrN3/c1-5-19-11-12(2)9-17-13(3)20-21(14(17)4)16-8-6-7-15(18)10-16/h6-8,10,12,19H,5,9,11H2,1-4H3. The summed E-state index contributed by atoms with van der Waals surface area (Å²) in [7, 11) is 0. The minimum Gasteiger partial charge on any atom is -0.317 e. The Hall–Kier alpha value is -1.13. The monoisotopic (exact) mass is 349 g/mol. The number of benzene rings is 1. The summed E-state index contributed by atoms with van der Waals surface area (Å²) in [5.74, 6) is 0.613. The lowest BCUT2D eigenvalue weighted by Crippen LogP contribution is -2.22. The quantitative estimate of drug-likeness (QED) is 0.852. The van der Waals surface area contributed by atoms with Crippen molar-refractivity contribution in [1.29, 1.82) is 0 Å². The van der Waals surface area contributed by atoms with Gasteiger partial charge in [-0.25, -0.2) is 4.68 Å². The molecule has 0 aliphatic rings. The number of aryl methyl sites for hydroxylation is 1. The molecule has 114 valence electrons. The maximum absolute atomic E-state index is 4.73. The number of aromatic nitrogens is 2. The minimum atomic E-state index is 0.613. The Morgan fingerprint density at radius 3 is 2.76 bits per heavy atom. The van der Waals surface area contributed by atoms with Crippen LogP contribution in [0.5, 0.6) is 0 Å². The molecule has 4 heteroatoms. The van der Waals surface area contributed by atoms with E-state index in [-0.39, 0.29) is 0 Å². The van der Waals surface area contributed by atoms with Crippen LogP contribution in [0.3, 0.4) is 0 Å². The lowest BCUT2D eigenvalue weighted by atomic mass is 9.99. The van der Waals surface area contributed by atoms with Crippen LogP contribution in [0, 0.1) is 19.8 Å². The van der Waals surface area contributed by atoms with Crippen molar-refractivity contribution in [2.45, 2.75) is 34.1 Å². The second kappa shape index (κ2) is 7.23. The summed E-state index contributed by atoms with van der Waals surface area (Å²) >= 11 is 3.53. The average Bonchev–Trinajstić information content (AvgIpc) is 2.73. The van der Waals surface area contributed by atoms with Gasteiger partial charge in [-0.05, 0) is 63.0 Å². The highest BCUT2D eigenvalue weighted by Crippen LogP contribution is 2.22. The van der Waals surface area contributed by atoms with Gasteiger partial charge < -0.3 is 5.32 Å². The van der Waals surface area contributed by atoms with Crippen LogP contribution in [0.4, 0.5) is 0 Å². The third-order valence-corrected chi connectivity index (χ3v) is 4.28. The van der Waals surface area contributed by atoms with Gasteiger partial charge in [0.25, 0.3) is 0 Å². The summed E-state index contributed by atoms with van der Waals surface area (Å²) in [4.78, 5) is 0. The van der Waals surface area contributed by atoms with Crippen LogP contribution in [-0.2, 0) is 6.42 Å². The van der Waals surface area contributed by atoms with E-state index in [4.69, 9.17) is 5.10 Å². The smallest absolute Gasteiger partial charge is 0.0660 e. The molecule has 1 aromatic heterocycles. The van der Waals surface area contributed by atoms with Crippen molar-refractivity contribution in [3.63, 3.8) is 0 Å². The summed E-state index contributed by atoms with van der Waals surface area (Å²) in [6.45, 7) is 10.8. The highest BCUT2D eigenvalue weighted by Gasteiger charge is 2.15. The fraction of sp³-hybridized carbons (Fsp3) is 0.471. The zero-order valence-electron chi connectivity index (χ0n) is 13.3.